The molecule has 0 aromatic heterocycles. The van der Waals surface area contributed by atoms with Crippen LogP contribution in [-0.2, 0) is 6.42 Å². The fraction of sp³-hybridized carbons (Fsp3) is 0.143. The fourth-order valence-electron chi connectivity index (χ4n) is 1.74. The Bertz CT molecular complexity index is 520. The lowest BCUT2D eigenvalue weighted by molar-refractivity contribution is 0.553. The first-order valence-corrected chi connectivity index (χ1v) is 6.69. The van der Waals surface area contributed by atoms with Crippen molar-refractivity contribution in [3.8, 4) is 0 Å². The molecule has 2 aromatic carbocycles. The molecule has 0 saturated carbocycles. The first kappa shape index (κ1) is 13.5. The Labute approximate surface area is 118 Å². The molecule has 2 aromatic rings. The molecule has 0 nitrogen and oxygen atoms in total. The van der Waals surface area contributed by atoms with Crippen molar-refractivity contribution in [3.63, 3.8) is 0 Å². The average molecular weight is 332 g/mol. The van der Waals surface area contributed by atoms with Gasteiger partial charge in [-0.2, -0.15) is 0 Å². The third-order valence-electron chi connectivity index (χ3n) is 2.64. The van der Waals surface area contributed by atoms with Crippen LogP contribution in [0.4, 0.5) is 8.78 Å². The Morgan fingerprint density at radius 2 is 1.56 bits per heavy atom. The van der Waals surface area contributed by atoms with Crippen LogP contribution < -0.4 is 0 Å². The quantitative estimate of drug-likeness (QED) is 0.670. The zero-order valence-corrected chi connectivity index (χ0v) is 11.7. The van der Waals surface area contributed by atoms with Gasteiger partial charge in [0.1, 0.15) is 11.6 Å². The van der Waals surface area contributed by atoms with Crippen molar-refractivity contribution in [2.45, 2.75) is 11.2 Å². The van der Waals surface area contributed by atoms with Gasteiger partial charge in [-0.25, -0.2) is 8.78 Å². The van der Waals surface area contributed by atoms with Crippen LogP contribution in [0.1, 0.15) is 16.0 Å². The summed E-state index contributed by atoms with van der Waals surface area (Å²) in [5, 5.41) is 0.641. The molecular weight excluding hydrogens is 322 g/mol. The molecule has 18 heavy (non-hydrogen) atoms. The monoisotopic (exact) mass is 330 g/mol. The number of alkyl halides is 1. The van der Waals surface area contributed by atoms with Gasteiger partial charge in [0, 0.05) is 15.4 Å². The van der Waals surface area contributed by atoms with Crippen LogP contribution in [0.25, 0.3) is 0 Å². The summed E-state index contributed by atoms with van der Waals surface area (Å²) in [7, 11) is 0. The van der Waals surface area contributed by atoms with E-state index < -0.39 is 16.5 Å². The predicted molar refractivity (Wildman–Crippen MR) is 73.2 cm³/mol. The molecule has 0 saturated heterocycles. The Balaban J connectivity index is 2.22. The Hall–Kier alpha value is -0.930. The van der Waals surface area contributed by atoms with Crippen molar-refractivity contribution in [3.05, 3.63) is 70.2 Å². The highest BCUT2D eigenvalue weighted by Crippen LogP contribution is 2.31. The van der Waals surface area contributed by atoms with Crippen LogP contribution >= 0.6 is 27.5 Å². The second kappa shape index (κ2) is 5.81. The summed E-state index contributed by atoms with van der Waals surface area (Å²) in [6, 6.07) is 11.1. The van der Waals surface area contributed by atoms with E-state index in [2.05, 4.69) is 15.9 Å². The lowest BCUT2D eigenvalue weighted by atomic mass is 10.0. The van der Waals surface area contributed by atoms with Gasteiger partial charge >= 0.3 is 0 Å². The highest BCUT2D eigenvalue weighted by Gasteiger charge is 2.17. The maximum atomic E-state index is 13.6. The zero-order chi connectivity index (χ0) is 13.1. The predicted octanol–water partition coefficient (Wildman–Crippen LogP) is 5.30. The first-order chi connectivity index (χ1) is 8.58. The van der Waals surface area contributed by atoms with E-state index in [0.717, 1.165) is 5.56 Å². The van der Waals surface area contributed by atoms with Gasteiger partial charge in [-0.15, -0.1) is 0 Å². The summed E-state index contributed by atoms with van der Waals surface area (Å²) in [6.07, 6.45) is 0.495. The minimum absolute atomic E-state index is 0.0625. The van der Waals surface area contributed by atoms with E-state index in [1.807, 2.05) is 12.1 Å². The maximum Gasteiger partial charge on any atom is 0.130 e. The summed E-state index contributed by atoms with van der Waals surface area (Å²) in [5.74, 6) is -1.07. The van der Waals surface area contributed by atoms with E-state index in [0.29, 0.717) is 11.4 Å². The van der Waals surface area contributed by atoms with Gasteiger partial charge in [0.15, 0.2) is 0 Å². The first-order valence-electron chi connectivity index (χ1n) is 5.40. The summed E-state index contributed by atoms with van der Waals surface area (Å²) in [6.45, 7) is 0. The van der Waals surface area contributed by atoms with E-state index in [1.54, 1.807) is 12.1 Å². The van der Waals surface area contributed by atoms with E-state index in [-0.39, 0.29) is 5.56 Å². The van der Waals surface area contributed by atoms with Gasteiger partial charge in [0.2, 0.25) is 0 Å². The van der Waals surface area contributed by atoms with Gasteiger partial charge in [-0.3, -0.25) is 0 Å². The van der Waals surface area contributed by atoms with Crippen LogP contribution in [0.15, 0.2) is 42.5 Å². The van der Waals surface area contributed by atoms with Crippen molar-refractivity contribution in [1.82, 2.24) is 0 Å². The average Bonchev–Trinajstić information content (AvgIpc) is 2.32. The third-order valence-corrected chi connectivity index (χ3v) is 3.67. The Morgan fingerprint density at radius 3 is 2.11 bits per heavy atom. The molecule has 94 valence electrons. The Morgan fingerprint density at radius 1 is 1.00 bits per heavy atom. The molecular formula is C14H10BrClF2. The topological polar surface area (TPSA) is 0 Å². The Kier molecular flexibility index (Phi) is 4.36. The van der Waals surface area contributed by atoms with Crippen molar-refractivity contribution in [2.24, 2.45) is 0 Å². The second-order valence-corrected chi connectivity index (χ2v) is 5.48. The number of hydrogen-bond donors (Lipinski definition) is 0. The van der Waals surface area contributed by atoms with E-state index in [4.69, 9.17) is 11.6 Å². The van der Waals surface area contributed by atoms with Gasteiger partial charge in [-0.05, 0) is 36.2 Å². The van der Waals surface area contributed by atoms with Crippen LogP contribution in [0.5, 0.6) is 0 Å². The molecule has 4 heteroatoms. The zero-order valence-electron chi connectivity index (χ0n) is 9.34. The number of benzene rings is 2. The lowest BCUT2D eigenvalue weighted by Crippen LogP contribution is -2.01. The SMILES string of the molecule is Fc1cccc(F)c1C(Br)Cc1ccc(Cl)cc1. The van der Waals surface area contributed by atoms with Gasteiger partial charge < -0.3 is 0 Å². The van der Waals surface area contributed by atoms with Crippen LogP contribution in [0.2, 0.25) is 5.02 Å². The number of halogens is 4. The van der Waals surface area contributed by atoms with Crippen LogP contribution in [0.3, 0.4) is 0 Å². The van der Waals surface area contributed by atoms with Crippen molar-refractivity contribution in [1.29, 1.82) is 0 Å². The van der Waals surface area contributed by atoms with Crippen molar-refractivity contribution in [2.75, 3.05) is 0 Å². The molecule has 0 bridgehead atoms. The number of hydrogen-bond acceptors (Lipinski definition) is 0. The van der Waals surface area contributed by atoms with E-state index in [9.17, 15) is 8.78 Å². The third kappa shape index (κ3) is 3.09. The lowest BCUT2D eigenvalue weighted by Gasteiger charge is -2.12. The largest absolute Gasteiger partial charge is 0.207 e. The number of rotatable bonds is 3. The van der Waals surface area contributed by atoms with Gasteiger partial charge in [-0.1, -0.05) is 45.7 Å². The molecule has 0 fully saturated rings. The highest BCUT2D eigenvalue weighted by molar-refractivity contribution is 9.09. The summed E-state index contributed by atoms with van der Waals surface area (Å²) in [4.78, 5) is -0.403. The standard InChI is InChI=1S/C14H10BrClF2/c15-11(8-9-4-6-10(16)7-5-9)14-12(17)2-1-3-13(14)18/h1-7,11H,8H2. The maximum absolute atomic E-state index is 13.6. The normalized spacial score (nSPS) is 12.4. The highest BCUT2D eigenvalue weighted by atomic mass is 79.9. The molecule has 0 amide bonds. The second-order valence-electron chi connectivity index (χ2n) is 3.93. The molecule has 0 heterocycles. The van der Waals surface area contributed by atoms with Crippen molar-refractivity contribution >= 4 is 27.5 Å². The minimum Gasteiger partial charge on any atom is -0.207 e. The molecule has 0 N–H and O–H groups in total. The van der Waals surface area contributed by atoms with Crippen LogP contribution in [0, 0.1) is 11.6 Å². The molecule has 0 aliphatic carbocycles. The molecule has 1 atom stereocenters. The van der Waals surface area contributed by atoms with Gasteiger partial charge in [0.25, 0.3) is 0 Å². The van der Waals surface area contributed by atoms with Gasteiger partial charge in [0.05, 0.1) is 0 Å². The smallest absolute Gasteiger partial charge is 0.130 e. The molecule has 1 unspecified atom stereocenters. The minimum atomic E-state index is -0.536. The van der Waals surface area contributed by atoms with E-state index >= 15 is 0 Å². The van der Waals surface area contributed by atoms with Crippen molar-refractivity contribution < 1.29 is 8.78 Å². The molecule has 0 radical (unpaired) electrons. The molecule has 0 spiro atoms. The molecule has 0 aliphatic rings. The summed E-state index contributed by atoms with van der Waals surface area (Å²) in [5.41, 5.74) is 1.02. The van der Waals surface area contributed by atoms with E-state index in [1.165, 1.54) is 18.2 Å². The summed E-state index contributed by atoms with van der Waals surface area (Å²) >= 11 is 9.11. The molecule has 0 aliphatic heterocycles. The fourth-order valence-corrected chi connectivity index (χ4v) is 2.68. The van der Waals surface area contributed by atoms with Crippen LogP contribution in [-0.4, -0.2) is 0 Å². The molecule has 2 rings (SSSR count). The summed E-state index contributed by atoms with van der Waals surface area (Å²) < 4.78 is 27.2.